The van der Waals surface area contributed by atoms with Gasteiger partial charge in [0.25, 0.3) is 5.56 Å². The fourth-order valence-corrected chi connectivity index (χ4v) is 3.38. The maximum Gasteiger partial charge on any atom is 0.490 e. The van der Waals surface area contributed by atoms with Crippen molar-refractivity contribution in [1.82, 2.24) is 14.9 Å². The van der Waals surface area contributed by atoms with E-state index in [1.807, 2.05) is 0 Å². The van der Waals surface area contributed by atoms with Crippen LogP contribution in [0.4, 0.5) is 13.2 Å². The molecule has 3 rings (SSSR count). The molecule has 2 heterocycles. The zero-order valence-electron chi connectivity index (χ0n) is 18.4. The van der Waals surface area contributed by atoms with Crippen molar-refractivity contribution < 1.29 is 23.1 Å². The zero-order chi connectivity index (χ0) is 23.7. The van der Waals surface area contributed by atoms with Crippen molar-refractivity contribution in [2.24, 2.45) is 5.92 Å². The van der Waals surface area contributed by atoms with E-state index in [2.05, 4.69) is 53.0 Å². The van der Waals surface area contributed by atoms with E-state index in [1.54, 1.807) is 6.07 Å². The predicted molar refractivity (Wildman–Crippen MR) is 116 cm³/mol. The number of benzene rings is 1. The number of piperidine rings is 1. The number of aliphatic carboxylic acids is 1. The van der Waals surface area contributed by atoms with Gasteiger partial charge in [-0.05, 0) is 50.3 Å². The topological polar surface area (TPSA) is 86.3 Å². The third-order valence-electron chi connectivity index (χ3n) is 5.33. The van der Waals surface area contributed by atoms with Gasteiger partial charge in [-0.25, -0.2) is 9.78 Å². The van der Waals surface area contributed by atoms with Gasteiger partial charge in [-0.15, -0.1) is 0 Å². The first-order valence-electron chi connectivity index (χ1n) is 10.8. The third kappa shape index (κ3) is 8.45. The summed E-state index contributed by atoms with van der Waals surface area (Å²) >= 11 is 0. The summed E-state index contributed by atoms with van der Waals surface area (Å²) in [7, 11) is 0. The van der Waals surface area contributed by atoms with Crippen LogP contribution in [0.3, 0.4) is 0 Å². The highest BCUT2D eigenvalue weighted by atomic mass is 19.4. The Morgan fingerprint density at radius 1 is 1.22 bits per heavy atom. The van der Waals surface area contributed by atoms with Gasteiger partial charge in [-0.1, -0.05) is 44.5 Å². The SMILES string of the molecule is CCCCc1cc(=O)[nH]c(-c2ccc(CN3CCC(C)CC3)cc2)n1.O=C(O)C(F)(F)F. The van der Waals surface area contributed by atoms with E-state index in [0.29, 0.717) is 5.82 Å². The van der Waals surface area contributed by atoms with Gasteiger partial charge < -0.3 is 10.1 Å². The number of carboxylic acid groups (broad SMARTS) is 1. The Hall–Kier alpha value is -2.68. The minimum absolute atomic E-state index is 0.0670. The molecule has 1 aliphatic heterocycles. The number of aryl methyl sites for hydroxylation is 1. The quantitative estimate of drug-likeness (QED) is 0.665. The minimum atomic E-state index is -5.08. The van der Waals surface area contributed by atoms with Crippen molar-refractivity contribution in [3.8, 4) is 11.4 Å². The number of alkyl halides is 3. The van der Waals surface area contributed by atoms with Crippen LogP contribution in [-0.2, 0) is 17.8 Å². The Balaban J connectivity index is 0.000000451. The molecule has 0 spiro atoms. The maximum atomic E-state index is 11.9. The Kier molecular flexibility index (Phi) is 9.43. The summed E-state index contributed by atoms with van der Waals surface area (Å²) < 4.78 is 31.7. The van der Waals surface area contributed by atoms with Crippen LogP contribution in [0.5, 0.6) is 0 Å². The van der Waals surface area contributed by atoms with Crippen LogP contribution in [0, 0.1) is 5.92 Å². The van der Waals surface area contributed by atoms with Crippen LogP contribution < -0.4 is 5.56 Å². The molecular formula is C23H30F3N3O3. The molecule has 1 aromatic carbocycles. The van der Waals surface area contributed by atoms with Crippen LogP contribution in [0.15, 0.2) is 35.1 Å². The van der Waals surface area contributed by atoms with Crippen molar-refractivity contribution in [2.45, 2.75) is 58.7 Å². The second kappa shape index (κ2) is 11.8. The smallest absolute Gasteiger partial charge is 0.475 e. The molecule has 9 heteroatoms. The highest BCUT2D eigenvalue weighted by Gasteiger charge is 2.38. The average molecular weight is 454 g/mol. The van der Waals surface area contributed by atoms with Gasteiger partial charge in [0.15, 0.2) is 0 Å². The number of unbranched alkanes of at least 4 members (excludes halogenated alkanes) is 1. The number of halogens is 3. The number of rotatable bonds is 6. The summed E-state index contributed by atoms with van der Waals surface area (Å²) in [6, 6.07) is 10.1. The first kappa shape index (κ1) is 25.6. The zero-order valence-corrected chi connectivity index (χ0v) is 18.4. The van der Waals surface area contributed by atoms with Crippen molar-refractivity contribution in [3.63, 3.8) is 0 Å². The fraction of sp³-hybridized carbons (Fsp3) is 0.522. The lowest BCUT2D eigenvalue weighted by Crippen LogP contribution is -2.32. The Labute approximate surface area is 185 Å². The Bertz CT molecular complexity index is 919. The van der Waals surface area contributed by atoms with Crippen molar-refractivity contribution in [1.29, 1.82) is 0 Å². The lowest BCUT2D eigenvalue weighted by molar-refractivity contribution is -0.192. The van der Waals surface area contributed by atoms with E-state index in [0.717, 1.165) is 43.0 Å². The third-order valence-corrected chi connectivity index (χ3v) is 5.33. The number of H-pyrrole nitrogens is 1. The second-order valence-corrected chi connectivity index (χ2v) is 8.15. The lowest BCUT2D eigenvalue weighted by atomic mass is 9.99. The highest BCUT2D eigenvalue weighted by molar-refractivity contribution is 5.73. The molecule has 0 unspecified atom stereocenters. The van der Waals surface area contributed by atoms with Crippen LogP contribution in [0.25, 0.3) is 11.4 Å². The number of carbonyl (C=O) groups is 1. The molecule has 6 nitrogen and oxygen atoms in total. The molecular weight excluding hydrogens is 423 g/mol. The number of likely N-dealkylation sites (tertiary alicyclic amines) is 1. The molecule has 176 valence electrons. The lowest BCUT2D eigenvalue weighted by Gasteiger charge is -2.30. The molecule has 0 atom stereocenters. The molecule has 0 aliphatic carbocycles. The van der Waals surface area contributed by atoms with Crippen LogP contribution in [0.1, 0.15) is 50.8 Å². The van der Waals surface area contributed by atoms with Crippen molar-refractivity contribution >= 4 is 5.97 Å². The number of nitrogens with one attached hydrogen (secondary N) is 1. The number of aromatic amines is 1. The van der Waals surface area contributed by atoms with Crippen LogP contribution >= 0.6 is 0 Å². The summed E-state index contributed by atoms with van der Waals surface area (Å²) in [5, 5.41) is 7.12. The first-order chi connectivity index (χ1) is 15.1. The van der Waals surface area contributed by atoms with Crippen LogP contribution in [0.2, 0.25) is 0 Å². The molecule has 2 N–H and O–H groups in total. The number of aromatic nitrogens is 2. The largest absolute Gasteiger partial charge is 0.490 e. The van der Waals surface area contributed by atoms with Crippen molar-refractivity contribution in [2.75, 3.05) is 13.1 Å². The molecule has 1 fully saturated rings. The predicted octanol–water partition coefficient (Wildman–Crippen LogP) is 4.64. The normalized spacial score (nSPS) is 15.2. The second-order valence-electron chi connectivity index (χ2n) is 8.15. The standard InChI is InChI=1S/C21H29N3O.C2HF3O2/c1-3-4-5-19-14-20(25)23-21(22-19)18-8-6-17(7-9-18)15-24-12-10-16(2)11-13-24;3-2(4,5)1(6)7/h6-9,14,16H,3-5,10-13,15H2,1-2H3,(H,22,23,25);(H,6,7). The molecule has 2 aromatic rings. The van der Waals surface area contributed by atoms with Gasteiger partial charge in [0.1, 0.15) is 5.82 Å². The number of hydrogen-bond donors (Lipinski definition) is 2. The fourth-order valence-electron chi connectivity index (χ4n) is 3.38. The molecule has 1 aliphatic rings. The molecule has 0 radical (unpaired) electrons. The first-order valence-corrected chi connectivity index (χ1v) is 10.8. The van der Waals surface area contributed by atoms with E-state index in [1.165, 1.54) is 31.5 Å². The number of hydrogen-bond acceptors (Lipinski definition) is 4. The Morgan fingerprint density at radius 2 is 1.81 bits per heavy atom. The minimum Gasteiger partial charge on any atom is -0.475 e. The van der Waals surface area contributed by atoms with E-state index in [-0.39, 0.29) is 5.56 Å². The maximum absolute atomic E-state index is 11.9. The van der Waals surface area contributed by atoms with Gasteiger partial charge in [0.2, 0.25) is 0 Å². The summed E-state index contributed by atoms with van der Waals surface area (Å²) in [5.41, 5.74) is 3.11. The molecule has 1 saturated heterocycles. The van der Waals surface area contributed by atoms with Crippen LogP contribution in [-0.4, -0.2) is 45.2 Å². The van der Waals surface area contributed by atoms with E-state index in [9.17, 15) is 18.0 Å². The summed E-state index contributed by atoms with van der Waals surface area (Å²) in [6.45, 7) is 7.88. The molecule has 32 heavy (non-hydrogen) atoms. The highest BCUT2D eigenvalue weighted by Crippen LogP contribution is 2.20. The Morgan fingerprint density at radius 3 is 2.34 bits per heavy atom. The van der Waals surface area contributed by atoms with Gasteiger partial charge >= 0.3 is 12.1 Å². The summed E-state index contributed by atoms with van der Waals surface area (Å²) in [4.78, 5) is 30.8. The van der Waals surface area contributed by atoms with E-state index < -0.39 is 12.1 Å². The molecule has 1 aromatic heterocycles. The van der Waals surface area contributed by atoms with Gasteiger partial charge in [-0.3, -0.25) is 9.69 Å². The van der Waals surface area contributed by atoms with Gasteiger partial charge in [-0.2, -0.15) is 13.2 Å². The average Bonchev–Trinajstić information content (AvgIpc) is 2.74. The summed E-state index contributed by atoms with van der Waals surface area (Å²) in [6.07, 6.45) is 0.539. The van der Waals surface area contributed by atoms with E-state index in [4.69, 9.17) is 9.90 Å². The molecule has 0 bridgehead atoms. The number of carboxylic acids is 1. The van der Waals surface area contributed by atoms with E-state index >= 15 is 0 Å². The van der Waals surface area contributed by atoms with Gasteiger partial charge in [0, 0.05) is 23.9 Å². The summed E-state index contributed by atoms with van der Waals surface area (Å²) in [5.74, 6) is -1.22. The number of nitrogens with zero attached hydrogens (tertiary/aromatic N) is 2. The monoisotopic (exact) mass is 453 g/mol. The molecule has 0 amide bonds. The molecule has 0 saturated carbocycles. The van der Waals surface area contributed by atoms with Crippen molar-refractivity contribution in [3.05, 3.63) is 51.9 Å². The van der Waals surface area contributed by atoms with Gasteiger partial charge in [0.05, 0.1) is 0 Å².